The number of sulfonamides is 1. The maximum atomic E-state index is 13.6. The molecule has 1 unspecified atom stereocenters. The molecule has 2 aromatic carbocycles. The molecule has 142 valence electrons. The van der Waals surface area contributed by atoms with Crippen LogP contribution in [0.15, 0.2) is 46.3 Å². The largest absolute Gasteiger partial charge is 0.348 e. The number of hydrogen-bond donors (Lipinski definition) is 2. The summed E-state index contributed by atoms with van der Waals surface area (Å²) in [6.45, 7) is 1.32. The standard InChI is InChI=1S/C17H14Cl2FN3O3S/c1-9(11-6-14(20)13(19)7-12(11)18)22-16(24)8-21-17-10-4-2-3-5-15(10)27(25,26)23-17/h2-7,9H,8H2,1H3,(H,21,23)(H,22,24). The summed E-state index contributed by atoms with van der Waals surface area (Å²) in [6, 6.07) is 8.16. The van der Waals surface area contributed by atoms with Gasteiger partial charge in [0.05, 0.1) is 16.0 Å². The van der Waals surface area contributed by atoms with Gasteiger partial charge in [0, 0.05) is 10.6 Å². The second-order valence-corrected chi connectivity index (χ2v) is 8.31. The quantitative estimate of drug-likeness (QED) is 0.731. The smallest absolute Gasteiger partial charge is 0.263 e. The zero-order chi connectivity index (χ0) is 19.8. The van der Waals surface area contributed by atoms with E-state index in [2.05, 4.69) is 15.0 Å². The fraction of sp³-hybridized carbons (Fsp3) is 0.176. The zero-order valence-electron chi connectivity index (χ0n) is 14.0. The highest BCUT2D eigenvalue weighted by Crippen LogP contribution is 2.28. The molecule has 27 heavy (non-hydrogen) atoms. The minimum atomic E-state index is -3.67. The van der Waals surface area contributed by atoms with Crippen molar-refractivity contribution in [1.82, 2.24) is 10.0 Å². The number of hydrogen-bond acceptors (Lipinski definition) is 4. The molecule has 0 bridgehead atoms. The van der Waals surface area contributed by atoms with Crippen LogP contribution in [0.5, 0.6) is 0 Å². The Balaban J connectivity index is 1.72. The SMILES string of the molecule is CC(NC(=O)CN=C1NS(=O)(=O)c2ccccc21)c1cc(F)c(Cl)cc1Cl. The predicted molar refractivity (Wildman–Crippen MR) is 101 cm³/mol. The van der Waals surface area contributed by atoms with Crippen LogP contribution in [0.2, 0.25) is 10.0 Å². The third-order valence-electron chi connectivity index (χ3n) is 3.93. The van der Waals surface area contributed by atoms with Crippen LogP contribution in [0.4, 0.5) is 4.39 Å². The highest BCUT2D eigenvalue weighted by atomic mass is 35.5. The number of nitrogens with one attached hydrogen (secondary N) is 2. The average molecular weight is 430 g/mol. The van der Waals surface area contributed by atoms with E-state index in [-0.39, 0.29) is 27.3 Å². The van der Waals surface area contributed by atoms with E-state index >= 15 is 0 Å². The van der Waals surface area contributed by atoms with E-state index in [4.69, 9.17) is 23.2 Å². The molecule has 0 radical (unpaired) electrons. The summed E-state index contributed by atoms with van der Waals surface area (Å²) in [5.41, 5.74) is 0.771. The summed E-state index contributed by atoms with van der Waals surface area (Å²) in [7, 11) is -3.67. The molecular formula is C17H14Cl2FN3O3S. The number of halogens is 3. The summed E-state index contributed by atoms with van der Waals surface area (Å²) >= 11 is 11.7. The minimum Gasteiger partial charge on any atom is -0.348 e. The molecule has 0 saturated heterocycles. The van der Waals surface area contributed by atoms with Crippen LogP contribution in [0, 0.1) is 5.82 Å². The van der Waals surface area contributed by atoms with Crippen molar-refractivity contribution in [3.05, 3.63) is 63.4 Å². The molecule has 0 spiro atoms. The molecular weight excluding hydrogens is 416 g/mol. The third kappa shape index (κ3) is 4.07. The normalized spacial score (nSPS) is 17.3. The number of benzene rings is 2. The van der Waals surface area contributed by atoms with Crippen LogP contribution in [0.3, 0.4) is 0 Å². The number of amidine groups is 1. The van der Waals surface area contributed by atoms with Crippen molar-refractivity contribution in [2.45, 2.75) is 17.9 Å². The van der Waals surface area contributed by atoms with Crippen LogP contribution in [0.25, 0.3) is 0 Å². The molecule has 2 aromatic rings. The molecule has 0 fully saturated rings. The van der Waals surface area contributed by atoms with E-state index in [0.29, 0.717) is 11.1 Å². The first-order chi connectivity index (χ1) is 12.7. The Morgan fingerprint density at radius 1 is 1.26 bits per heavy atom. The molecule has 2 N–H and O–H groups in total. The molecule has 1 aliphatic heterocycles. The van der Waals surface area contributed by atoms with Gasteiger partial charge < -0.3 is 5.32 Å². The van der Waals surface area contributed by atoms with Crippen molar-refractivity contribution in [3.8, 4) is 0 Å². The van der Waals surface area contributed by atoms with Crippen molar-refractivity contribution >= 4 is 45.0 Å². The first-order valence-electron chi connectivity index (χ1n) is 7.79. The highest BCUT2D eigenvalue weighted by Gasteiger charge is 2.30. The van der Waals surface area contributed by atoms with Gasteiger partial charge in [-0.15, -0.1) is 0 Å². The lowest BCUT2D eigenvalue weighted by Crippen LogP contribution is -2.30. The van der Waals surface area contributed by atoms with Crippen LogP contribution in [-0.2, 0) is 14.8 Å². The Hall–Kier alpha value is -2.16. The Kier molecular flexibility index (Phi) is 5.41. The van der Waals surface area contributed by atoms with Crippen LogP contribution in [0.1, 0.15) is 24.1 Å². The van der Waals surface area contributed by atoms with Gasteiger partial charge >= 0.3 is 0 Å². The van der Waals surface area contributed by atoms with Gasteiger partial charge in [0.2, 0.25) is 5.91 Å². The molecule has 3 rings (SSSR count). The van der Waals surface area contributed by atoms with Crippen molar-refractivity contribution in [2.75, 3.05) is 6.54 Å². The highest BCUT2D eigenvalue weighted by molar-refractivity contribution is 7.90. The van der Waals surface area contributed by atoms with Gasteiger partial charge in [-0.1, -0.05) is 35.3 Å². The summed E-state index contributed by atoms with van der Waals surface area (Å²) in [4.78, 5) is 16.3. The van der Waals surface area contributed by atoms with Gasteiger partial charge in [0.15, 0.2) is 0 Å². The zero-order valence-corrected chi connectivity index (χ0v) is 16.3. The number of carbonyl (C=O) groups excluding carboxylic acids is 1. The van der Waals surface area contributed by atoms with Crippen molar-refractivity contribution < 1.29 is 17.6 Å². The van der Waals surface area contributed by atoms with Gasteiger partial charge in [0.1, 0.15) is 18.2 Å². The lowest BCUT2D eigenvalue weighted by molar-refractivity contribution is -0.120. The summed E-state index contributed by atoms with van der Waals surface area (Å²) in [5, 5.41) is 2.74. The van der Waals surface area contributed by atoms with Gasteiger partial charge in [0.25, 0.3) is 10.0 Å². The van der Waals surface area contributed by atoms with Crippen LogP contribution in [-0.4, -0.2) is 26.7 Å². The number of nitrogens with zero attached hydrogens (tertiary/aromatic N) is 1. The predicted octanol–water partition coefficient (Wildman–Crippen LogP) is 3.05. The number of carbonyl (C=O) groups is 1. The lowest BCUT2D eigenvalue weighted by Gasteiger charge is -2.16. The number of fused-ring (bicyclic) bond motifs is 1. The molecule has 1 heterocycles. The Morgan fingerprint density at radius 3 is 2.70 bits per heavy atom. The molecule has 0 saturated carbocycles. The van der Waals surface area contributed by atoms with Gasteiger partial charge in [-0.25, -0.2) is 12.8 Å². The fourth-order valence-electron chi connectivity index (χ4n) is 2.64. The minimum absolute atomic E-state index is 0.101. The number of amides is 1. The third-order valence-corrected chi connectivity index (χ3v) is 5.94. The first-order valence-corrected chi connectivity index (χ1v) is 10.0. The molecule has 1 aliphatic rings. The van der Waals surface area contributed by atoms with Crippen molar-refractivity contribution in [2.24, 2.45) is 4.99 Å². The first kappa shape index (κ1) is 19.6. The summed E-state index contributed by atoms with van der Waals surface area (Å²) in [6.07, 6.45) is 0. The van der Waals surface area contributed by atoms with E-state index in [1.807, 2.05) is 0 Å². The Morgan fingerprint density at radius 2 is 1.96 bits per heavy atom. The number of rotatable bonds is 4. The second-order valence-electron chi connectivity index (χ2n) is 5.84. The van der Waals surface area contributed by atoms with E-state index < -0.39 is 27.8 Å². The molecule has 1 atom stereocenters. The molecule has 1 amide bonds. The van der Waals surface area contributed by atoms with Gasteiger partial charge in [-0.05, 0) is 36.8 Å². The van der Waals surface area contributed by atoms with Gasteiger partial charge in [-0.2, -0.15) is 0 Å². The maximum absolute atomic E-state index is 13.6. The maximum Gasteiger partial charge on any atom is 0.263 e. The lowest BCUT2D eigenvalue weighted by atomic mass is 10.1. The van der Waals surface area contributed by atoms with E-state index in [0.717, 1.165) is 6.07 Å². The van der Waals surface area contributed by atoms with Crippen molar-refractivity contribution in [1.29, 1.82) is 0 Å². The van der Waals surface area contributed by atoms with E-state index in [1.165, 1.54) is 12.1 Å². The van der Waals surface area contributed by atoms with E-state index in [1.54, 1.807) is 25.1 Å². The van der Waals surface area contributed by atoms with Crippen LogP contribution >= 0.6 is 23.2 Å². The Labute approximate surface area is 165 Å². The average Bonchev–Trinajstić information content (AvgIpc) is 2.87. The van der Waals surface area contributed by atoms with Crippen LogP contribution < -0.4 is 10.0 Å². The monoisotopic (exact) mass is 429 g/mol. The molecule has 10 heteroatoms. The molecule has 0 aromatic heterocycles. The van der Waals surface area contributed by atoms with E-state index in [9.17, 15) is 17.6 Å². The topological polar surface area (TPSA) is 87.6 Å². The fourth-order valence-corrected chi connectivity index (χ4v) is 4.43. The molecule has 6 nitrogen and oxygen atoms in total. The number of aliphatic imine (C=N–C) groups is 1. The second kappa shape index (κ2) is 7.46. The molecule has 0 aliphatic carbocycles. The summed E-state index contributed by atoms with van der Waals surface area (Å²) in [5.74, 6) is -1.02. The summed E-state index contributed by atoms with van der Waals surface area (Å²) < 4.78 is 40.0. The Bertz CT molecular complexity index is 1060. The van der Waals surface area contributed by atoms with Crippen molar-refractivity contribution in [3.63, 3.8) is 0 Å². The van der Waals surface area contributed by atoms with Gasteiger partial charge in [-0.3, -0.25) is 14.5 Å².